The Balaban J connectivity index is 1.57. The fourth-order valence-electron chi connectivity index (χ4n) is 3.55. The lowest BCUT2D eigenvalue weighted by Gasteiger charge is -2.28. The molecule has 2 aromatic carbocycles. The number of quaternary nitrogens is 1. The quantitative estimate of drug-likeness (QED) is 0.777. The molecule has 0 aromatic heterocycles. The van der Waals surface area contributed by atoms with Crippen LogP contribution in [0.5, 0.6) is 11.5 Å². The van der Waals surface area contributed by atoms with Gasteiger partial charge >= 0.3 is 0 Å². The Hall–Kier alpha value is -3.18. The molecular weight excluding hydrogens is 326 g/mol. The van der Waals surface area contributed by atoms with Crippen molar-refractivity contribution >= 4 is 17.2 Å². The maximum Gasteiger partial charge on any atom is 0.265 e. The van der Waals surface area contributed by atoms with Crippen LogP contribution in [0.1, 0.15) is 16.7 Å². The van der Waals surface area contributed by atoms with Gasteiger partial charge in [-0.3, -0.25) is 0 Å². The Bertz CT molecular complexity index is 1050. The fraction of sp³-hybridized carbons (Fsp3) is 0.143. The number of aryl methyl sites for hydroxylation is 1. The lowest BCUT2D eigenvalue weighted by Crippen LogP contribution is -2.47. The Kier molecular flexibility index (Phi) is 3.14. The molecule has 0 saturated heterocycles. The third-order valence-corrected chi connectivity index (χ3v) is 4.95. The summed E-state index contributed by atoms with van der Waals surface area (Å²) in [6.07, 6.45) is 6.34. The number of likely N-dealkylation sites (N-methyl/N-ethyl adjacent to an activating group) is 1. The molecule has 0 fully saturated rings. The van der Waals surface area contributed by atoms with Crippen molar-refractivity contribution < 1.29 is 14.0 Å². The Labute approximate surface area is 151 Å². The maximum atomic E-state index is 5.52. The number of hydrogen-bond acceptors (Lipinski definition) is 4. The maximum absolute atomic E-state index is 5.52. The third kappa shape index (κ3) is 2.21. The molecule has 0 bridgehead atoms. The highest BCUT2D eigenvalue weighted by molar-refractivity contribution is 6.09. The molecule has 0 amide bonds. The van der Waals surface area contributed by atoms with Gasteiger partial charge in [-0.05, 0) is 36.8 Å². The van der Waals surface area contributed by atoms with Gasteiger partial charge < -0.3 is 9.47 Å². The smallest absolute Gasteiger partial charge is 0.265 e. The predicted molar refractivity (Wildman–Crippen MR) is 101 cm³/mol. The van der Waals surface area contributed by atoms with Gasteiger partial charge in [0, 0.05) is 11.6 Å². The molecule has 0 N–H and O–H groups in total. The molecule has 5 rings (SSSR count). The van der Waals surface area contributed by atoms with Crippen LogP contribution in [0.4, 0.5) is 0 Å². The summed E-state index contributed by atoms with van der Waals surface area (Å²) in [5, 5.41) is 8.88. The zero-order valence-corrected chi connectivity index (χ0v) is 14.6. The summed E-state index contributed by atoms with van der Waals surface area (Å²) < 4.78 is 11.4. The van der Waals surface area contributed by atoms with Gasteiger partial charge in [-0.25, -0.2) is 0 Å². The molecule has 0 radical (unpaired) electrons. The Morgan fingerprint density at radius 3 is 2.69 bits per heavy atom. The van der Waals surface area contributed by atoms with E-state index in [0.29, 0.717) is 4.48 Å². The summed E-state index contributed by atoms with van der Waals surface area (Å²) in [5.74, 6) is 3.29. The standard InChI is InChI=1S/C21H18N3O2/c1-14-4-3-5-15(10-14)17-7-9-20-22-23-21(24(20,2)12-17)16-6-8-18-19(11-16)26-13-25-18/h3-12H,13H2,1-2H3/q+1. The van der Waals surface area contributed by atoms with E-state index < -0.39 is 0 Å². The first kappa shape index (κ1) is 15.1. The van der Waals surface area contributed by atoms with Crippen molar-refractivity contribution in [2.24, 2.45) is 10.2 Å². The lowest BCUT2D eigenvalue weighted by molar-refractivity contribution is -0.657. The summed E-state index contributed by atoms with van der Waals surface area (Å²) in [6.45, 7) is 2.37. The monoisotopic (exact) mass is 344 g/mol. The fourth-order valence-corrected chi connectivity index (χ4v) is 3.55. The average molecular weight is 344 g/mol. The number of ether oxygens (including phenoxy) is 2. The van der Waals surface area contributed by atoms with Gasteiger partial charge in [0.1, 0.15) is 6.20 Å². The van der Waals surface area contributed by atoms with Crippen molar-refractivity contribution in [2.45, 2.75) is 6.92 Å². The van der Waals surface area contributed by atoms with Crippen LogP contribution in [0.2, 0.25) is 0 Å². The highest BCUT2D eigenvalue weighted by Gasteiger charge is 2.41. The highest BCUT2D eigenvalue weighted by Crippen LogP contribution is 2.36. The molecule has 3 heterocycles. The summed E-state index contributed by atoms with van der Waals surface area (Å²) in [6, 6.07) is 14.4. The minimum Gasteiger partial charge on any atom is -0.454 e. The second-order valence-corrected chi connectivity index (χ2v) is 6.81. The van der Waals surface area contributed by atoms with Crippen molar-refractivity contribution in [1.29, 1.82) is 0 Å². The molecule has 0 aliphatic carbocycles. The van der Waals surface area contributed by atoms with Crippen molar-refractivity contribution in [3.05, 3.63) is 77.5 Å². The Morgan fingerprint density at radius 2 is 1.81 bits per heavy atom. The first-order valence-corrected chi connectivity index (χ1v) is 8.54. The molecule has 0 spiro atoms. The number of fused-ring (bicyclic) bond motifs is 2. The van der Waals surface area contributed by atoms with E-state index >= 15 is 0 Å². The van der Waals surface area contributed by atoms with E-state index in [4.69, 9.17) is 9.47 Å². The van der Waals surface area contributed by atoms with Crippen LogP contribution in [0.25, 0.3) is 5.57 Å². The summed E-state index contributed by atoms with van der Waals surface area (Å²) in [4.78, 5) is 0. The molecular formula is C21H18N3O2+. The lowest BCUT2D eigenvalue weighted by atomic mass is 10.0. The minimum absolute atomic E-state index is 0.263. The molecule has 128 valence electrons. The predicted octanol–water partition coefficient (Wildman–Crippen LogP) is 3.85. The molecule has 3 aliphatic heterocycles. The van der Waals surface area contributed by atoms with Crippen molar-refractivity contribution in [2.75, 3.05) is 13.8 Å². The second-order valence-electron chi connectivity index (χ2n) is 6.81. The first-order chi connectivity index (χ1) is 12.6. The SMILES string of the molecule is Cc1cccc(C2=C[N+]3(C)C(=NN=C3c3ccc4c(c3)OCO4)C=C2)c1. The van der Waals surface area contributed by atoms with Gasteiger partial charge in [-0.15, -0.1) is 0 Å². The molecule has 5 heteroatoms. The van der Waals surface area contributed by atoms with Gasteiger partial charge in [0.2, 0.25) is 6.79 Å². The zero-order chi connectivity index (χ0) is 17.7. The van der Waals surface area contributed by atoms with Crippen LogP contribution in [0.15, 0.2) is 71.0 Å². The zero-order valence-electron chi connectivity index (χ0n) is 14.6. The summed E-state index contributed by atoms with van der Waals surface area (Å²) >= 11 is 0. The van der Waals surface area contributed by atoms with E-state index in [2.05, 4.69) is 60.7 Å². The van der Waals surface area contributed by atoms with E-state index in [1.54, 1.807) is 0 Å². The number of benzene rings is 2. The van der Waals surface area contributed by atoms with Gasteiger partial charge in [-0.1, -0.05) is 40.0 Å². The third-order valence-electron chi connectivity index (χ3n) is 4.95. The topological polar surface area (TPSA) is 43.2 Å². The molecule has 0 saturated carbocycles. The largest absolute Gasteiger partial charge is 0.454 e. The molecule has 26 heavy (non-hydrogen) atoms. The van der Waals surface area contributed by atoms with Crippen LogP contribution >= 0.6 is 0 Å². The molecule has 1 atom stereocenters. The number of nitrogens with zero attached hydrogens (tertiary/aromatic N) is 3. The van der Waals surface area contributed by atoms with Crippen molar-refractivity contribution in [3.63, 3.8) is 0 Å². The normalized spacial score (nSPS) is 22.6. The second kappa shape index (κ2) is 5.41. The van der Waals surface area contributed by atoms with Crippen LogP contribution in [-0.4, -0.2) is 30.0 Å². The number of amidine groups is 2. The van der Waals surface area contributed by atoms with Crippen molar-refractivity contribution in [3.8, 4) is 11.5 Å². The number of rotatable bonds is 2. The van der Waals surface area contributed by atoms with Crippen molar-refractivity contribution in [1.82, 2.24) is 0 Å². The van der Waals surface area contributed by atoms with Gasteiger partial charge in [-0.2, -0.15) is 4.48 Å². The van der Waals surface area contributed by atoms with Gasteiger partial charge in [0.05, 0.1) is 12.6 Å². The van der Waals surface area contributed by atoms with Gasteiger partial charge in [0.25, 0.3) is 11.7 Å². The first-order valence-electron chi connectivity index (χ1n) is 8.54. The van der Waals surface area contributed by atoms with E-state index in [9.17, 15) is 0 Å². The highest BCUT2D eigenvalue weighted by atomic mass is 16.7. The Morgan fingerprint density at radius 1 is 0.923 bits per heavy atom. The van der Waals surface area contributed by atoms with Gasteiger partial charge in [0.15, 0.2) is 11.5 Å². The molecule has 5 nitrogen and oxygen atoms in total. The van der Waals surface area contributed by atoms with E-state index in [0.717, 1.165) is 34.3 Å². The minimum atomic E-state index is 0.263. The average Bonchev–Trinajstić information content (AvgIpc) is 3.23. The van der Waals surface area contributed by atoms with Crippen LogP contribution in [0, 0.1) is 6.92 Å². The molecule has 3 aliphatic rings. The van der Waals surface area contributed by atoms with E-state index in [-0.39, 0.29) is 6.79 Å². The van der Waals surface area contributed by atoms with E-state index in [1.165, 1.54) is 11.1 Å². The number of hydrogen-bond donors (Lipinski definition) is 0. The van der Waals surface area contributed by atoms with Crippen LogP contribution in [-0.2, 0) is 0 Å². The van der Waals surface area contributed by atoms with Crippen LogP contribution in [0.3, 0.4) is 0 Å². The molecule has 1 unspecified atom stereocenters. The summed E-state index contributed by atoms with van der Waals surface area (Å²) in [7, 11) is 2.11. The number of allylic oxidation sites excluding steroid dienone is 2. The molecule has 2 aromatic rings. The summed E-state index contributed by atoms with van der Waals surface area (Å²) in [5.41, 5.74) is 4.57. The van der Waals surface area contributed by atoms with Crippen LogP contribution < -0.4 is 9.47 Å². The van der Waals surface area contributed by atoms with E-state index in [1.807, 2.05) is 24.3 Å².